The Morgan fingerprint density at radius 3 is 2.91 bits per heavy atom. The van der Waals surface area contributed by atoms with Crippen LogP contribution in [-0.2, 0) is 0 Å². The Hall–Kier alpha value is 0.440. The predicted molar refractivity (Wildman–Crippen MR) is 53.3 cm³/mol. The van der Waals surface area contributed by atoms with Gasteiger partial charge in [0.15, 0.2) is 0 Å². The van der Waals surface area contributed by atoms with Gasteiger partial charge in [-0.3, -0.25) is 4.90 Å². The summed E-state index contributed by atoms with van der Waals surface area (Å²) in [6.45, 7) is 4.86. The van der Waals surface area contributed by atoms with E-state index in [1.807, 2.05) is 0 Å². The third kappa shape index (κ3) is 2.75. The van der Waals surface area contributed by atoms with Gasteiger partial charge in [0.1, 0.15) is 0 Å². The van der Waals surface area contributed by atoms with Crippen LogP contribution < -0.4 is 0 Å². The van der Waals surface area contributed by atoms with Gasteiger partial charge >= 0.3 is 0 Å². The lowest BCUT2D eigenvalue weighted by Crippen LogP contribution is -2.40. The van der Waals surface area contributed by atoms with E-state index < -0.39 is 0 Å². The molecule has 0 amide bonds. The van der Waals surface area contributed by atoms with Crippen molar-refractivity contribution >= 4 is 15.9 Å². The van der Waals surface area contributed by atoms with Crippen molar-refractivity contribution in [3.05, 3.63) is 0 Å². The summed E-state index contributed by atoms with van der Waals surface area (Å²) in [5.41, 5.74) is 0. The Kier molecular flexibility index (Phi) is 4.46. The highest BCUT2D eigenvalue weighted by atomic mass is 79.9. The highest BCUT2D eigenvalue weighted by molar-refractivity contribution is 9.09. The molecule has 0 aromatic carbocycles. The minimum atomic E-state index is 0.876. The molecule has 66 valence electrons. The fraction of sp³-hybridized carbons (Fsp3) is 1.00. The second kappa shape index (κ2) is 5.15. The van der Waals surface area contributed by atoms with E-state index >= 15 is 0 Å². The van der Waals surface area contributed by atoms with Crippen LogP contribution in [0.15, 0.2) is 0 Å². The SMILES string of the molecule is CCC1CCCCN1CCBr. The molecule has 0 radical (unpaired) electrons. The number of halogens is 1. The summed E-state index contributed by atoms with van der Waals surface area (Å²) >= 11 is 3.50. The summed E-state index contributed by atoms with van der Waals surface area (Å²) in [6.07, 6.45) is 5.59. The highest BCUT2D eigenvalue weighted by Gasteiger charge is 2.19. The first-order chi connectivity index (χ1) is 5.38. The molecule has 0 aliphatic carbocycles. The molecule has 0 bridgehead atoms. The third-order valence-corrected chi connectivity index (χ3v) is 2.95. The minimum absolute atomic E-state index is 0.876. The fourth-order valence-electron chi connectivity index (χ4n) is 1.93. The summed E-state index contributed by atoms with van der Waals surface area (Å²) in [4.78, 5) is 2.62. The molecule has 1 fully saturated rings. The van der Waals surface area contributed by atoms with Gasteiger partial charge in [0.25, 0.3) is 0 Å². The van der Waals surface area contributed by atoms with E-state index in [0.717, 1.165) is 11.4 Å². The monoisotopic (exact) mass is 219 g/mol. The van der Waals surface area contributed by atoms with Crippen molar-refractivity contribution < 1.29 is 0 Å². The number of hydrogen-bond acceptors (Lipinski definition) is 1. The van der Waals surface area contributed by atoms with Crippen LogP contribution in [0.1, 0.15) is 32.6 Å². The van der Waals surface area contributed by atoms with Crippen molar-refractivity contribution in [1.29, 1.82) is 0 Å². The second-order valence-corrected chi connectivity index (χ2v) is 4.08. The van der Waals surface area contributed by atoms with Crippen LogP contribution in [0.4, 0.5) is 0 Å². The van der Waals surface area contributed by atoms with Crippen LogP contribution in [0.2, 0.25) is 0 Å². The highest BCUT2D eigenvalue weighted by Crippen LogP contribution is 2.18. The Morgan fingerprint density at radius 2 is 2.27 bits per heavy atom. The lowest BCUT2D eigenvalue weighted by Gasteiger charge is -2.34. The normalized spacial score (nSPS) is 27.3. The van der Waals surface area contributed by atoms with E-state index in [2.05, 4.69) is 27.8 Å². The summed E-state index contributed by atoms with van der Waals surface area (Å²) in [5.74, 6) is 0. The van der Waals surface area contributed by atoms with Gasteiger partial charge in [0.2, 0.25) is 0 Å². The Labute approximate surface area is 78.3 Å². The Balaban J connectivity index is 2.31. The van der Waals surface area contributed by atoms with E-state index in [4.69, 9.17) is 0 Å². The maximum Gasteiger partial charge on any atom is 0.0159 e. The third-order valence-electron chi connectivity index (χ3n) is 2.59. The molecule has 1 nitrogen and oxygen atoms in total. The summed E-state index contributed by atoms with van der Waals surface area (Å²) in [7, 11) is 0. The molecule has 1 rings (SSSR count). The van der Waals surface area contributed by atoms with E-state index in [1.54, 1.807) is 0 Å². The van der Waals surface area contributed by atoms with Crippen molar-refractivity contribution in [3.63, 3.8) is 0 Å². The molecule has 0 spiro atoms. The summed E-state index contributed by atoms with van der Waals surface area (Å²) < 4.78 is 0. The van der Waals surface area contributed by atoms with Crippen LogP contribution in [-0.4, -0.2) is 29.4 Å². The average molecular weight is 220 g/mol. The van der Waals surface area contributed by atoms with Crippen molar-refractivity contribution in [3.8, 4) is 0 Å². The van der Waals surface area contributed by atoms with Gasteiger partial charge in [-0.05, 0) is 25.8 Å². The molecule has 0 aromatic rings. The van der Waals surface area contributed by atoms with Crippen LogP contribution >= 0.6 is 15.9 Å². The molecular weight excluding hydrogens is 202 g/mol. The lowest BCUT2D eigenvalue weighted by atomic mass is 10.0. The number of likely N-dealkylation sites (tertiary alicyclic amines) is 1. The smallest absolute Gasteiger partial charge is 0.0159 e. The van der Waals surface area contributed by atoms with Gasteiger partial charge in [-0.1, -0.05) is 29.3 Å². The fourth-order valence-corrected chi connectivity index (χ4v) is 2.38. The van der Waals surface area contributed by atoms with E-state index in [0.29, 0.717) is 0 Å². The van der Waals surface area contributed by atoms with Gasteiger partial charge < -0.3 is 0 Å². The van der Waals surface area contributed by atoms with E-state index in [9.17, 15) is 0 Å². The maximum absolute atomic E-state index is 3.50. The minimum Gasteiger partial charge on any atom is -0.300 e. The predicted octanol–water partition coefficient (Wildman–Crippen LogP) is 2.65. The van der Waals surface area contributed by atoms with Gasteiger partial charge in [-0.2, -0.15) is 0 Å². The van der Waals surface area contributed by atoms with Gasteiger partial charge in [0.05, 0.1) is 0 Å². The molecule has 0 aromatic heterocycles. The first kappa shape index (κ1) is 9.53. The molecule has 1 saturated heterocycles. The topological polar surface area (TPSA) is 3.24 Å². The zero-order valence-electron chi connectivity index (χ0n) is 7.35. The molecule has 11 heavy (non-hydrogen) atoms. The summed E-state index contributed by atoms with van der Waals surface area (Å²) in [6, 6.07) is 0.876. The second-order valence-electron chi connectivity index (χ2n) is 3.28. The van der Waals surface area contributed by atoms with E-state index in [-0.39, 0.29) is 0 Å². The van der Waals surface area contributed by atoms with Crippen LogP contribution in [0.25, 0.3) is 0 Å². The standard InChI is InChI=1S/C9H18BrN/c1-2-9-5-3-4-7-11(9)8-6-10/h9H,2-8H2,1H3. The largest absolute Gasteiger partial charge is 0.300 e. The van der Waals surface area contributed by atoms with Crippen molar-refractivity contribution in [1.82, 2.24) is 4.90 Å². The molecule has 1 atom stereocenters. The molecule has 1 aliphatic heterocycles. The van der Waals surface area contributed by atoms with E-state index in [1.165, 1.54) is 38.8 Å². The zero-order chi connectivity index (χ0) is 8.10. The average Bonchev–Trinajstić information content (AvgIpc) is 2.06. The van der Waals surface area contributed by atoms with Crippen molar-refractivity contribution in [2.45, 2.75) is 38.6 Å². The maximum atomic E-state index is 3.50. The molecule has 1 unspecified atom stereocenters. The summed E-state index contributed by atoms with van der Waals surface area (Å²) in [5, 5.41) is 1.13. The first-order valence-corrected chi connectivity index (χ1v) is 5.80. The molecular formula is C9H18BrN. The van der Waals surface area contributed by atoms with Gasteiger partial charge in [0, 0.05) is 17.9 Å². The van der Waals surface area contributed by atoms with Crippen LogP contribution in [0.5, 0.6) is 0 Å². The first-order valence-electron chi connectivity index (χ1n) is 4.68. The molecule has 2 heteroatoms. The quantitative estimate of drug-likeness (QED) is 0.661. The molecule has 0 N–H and O–H groups in total. The van der Waals surface area contributed by atoms with Crippen LogP contribution in [0.3, 0.4) is 0 Å². The molecule has 1 heterocycles. The van der Waals surface area contributed by atoms with Crippen molar-refractivity contribution in [2.75, 3.05) is 18.4 Å². The molecule has 1 aliphatic rings. The van der Waals surface area contributed by atoms with Crippen LogP contribution in [0, 0.1) is 0 Å². The number of rotatable bonds is 3. The van der Waals surface area contributed by atoms with Crippen molar-refractivity contribution in [2.24, 2.45) is 0 Å². The van der Waals surface area contributed by atoms with Gasteiger partial charge in [-0.25, -0.2) is 0 Å². The zero-order valence-corrected chi connectivity index (χ0v) is 8.94. The lowest BCUT2D eigenvalue weighted by molar-refractivity contribution is 0.154. The molecule has 0 saturated carbocycles. The number of alkyl halides is 1. The Morgan fingerprint density at radius 1 is 1.45 bits per heavy atom. The number of hydrogen-bond donors (Lipinski definition) is 0. The Bertz CT molecular complexity index is 104. The van der Waals surface area contributed by atoms with Gasteiger partial charge in [-0.15, -0.1) is 0 Å². The number of piperidine rings is 1. The number of nitrogens with zero attached hydrogens (tertiary/aromatic N) is 1.